The van der Waals surface area contributed by atoms with Gasteiger partial charge in [0.2, 0.25) is 5.88 Å². The monoisotopic (exact) mass is 401 g/mol. The number of H-pyrrole nitrogens is 1. The topological polar surface area (TPSA) is 116 Å². The number of pyridine rings is 1. The molecule has 29 heavy (non-hydrogen) atoms. The molecule has 0 spiro atoms. The van der Waals surface area contributed by atoms with Crippen molar-refractivity contribution in [1.29, 1.82) is 10.5 Å². The van der Waals surface area contributed by atoms with E-state index in [1.54, 1.807) is 24.5 Å². The Balaban J connectivity index is 1.76. The van der Waals surface area contributed by atoms with Crippen molar-refractivity contribution in [2.24, 2.45) is 7.05 Å². The highest BCUT2D eigenvalue weighted by Crippen LogP contribution is 2.32. The van der Waals surface area contributed by atoms with Gasteiger partial charge in [-0.3, -0.25) is 0 Å². The van der Waals surface area contributed by atoms with Gasteiger partial charge in [0.1, 0.15) is 18.0 Å². The normalized spacial score (nSPS) is 11.4. The van der Waals surface area contributed by atoms with Crippen LogP contribution in [0.1, 0.15) is 22.0 Å². The Morgan fingerprint density at radius 2 is 2.10 bits per heavy atom. The van der Waals surface area contributed by atoms with Crippen molar-refractivity contribution in [2.45, 2.75) is 6.92 Å². The van der Waals surface area contributed by atoms with Crippen molar-refractivity contribution in [3.63, 3.8) is 0 Å². The maximum absolute atomic E-state index is 9.68. The zero-order valence-corrected chi connectivity index (χ0v) is 16.7. The summed E-state index contributed by atoms with van der Waals surface area (Å²) in [4.78, 5) is 18.0. The summed E-state index contributed by atoms with van der Waals surface area (Å²) >= 11 is 1.52. The lowest BCUT2D eigenvalue weighted by Gasteiger charge is -2.02. The van der Waals surface area contributed by atoms with Crippen LogP contribution in [-0.4, -0.2) is 31.6 Å². The van der Waals surface area contributed by atoms with Gasteiger partial charge in [-0.2, -0.15) is 10.5 Å². The lowest BCUT2D eigenvalue weighted by atomic mass is 10.2. The predicted octanol–water partition coefficient (Wildman–Crippen LogP) is 3.67. The van der Waals surface area contributed by atoms with E-state index in [-0.39, 0.29) is 0 Å². The molecule has 0 saturated heterocycles. The maximum atomic E-state index is 9.68. The third kappa shape index (κ3) is 3.24. The molecule has 142 valence electrons. The number of nitriles is 2. The van der Waals surface area contributed by atoms with E-state index in [4.69, 9.17) is 4.74 Å². The van der Waals surface area contributed by atoms with Crippen LogP contribution in [0, 0.1) is 29.6 Å². The van der Waals surface area contributed by atoms with Gasteiger partial charge in [-0.15, -0.1) is 11.3 Å². The molecule has 9 heteroatoms. The van der Waals surface area contributed by atoms with Gasteiger partial charge in [0.15, 0.2) is 5.82 Å². The Bertz CT molecular complexity index is 1340. The molecule has 0 amide bonds. The molecule has 0 atom stereocenters. The number of hydrogen-bond acceptors (Lipinski definition) is 7. The number of methoxy groups -OCH3 is 1. The van der Waals surface area contributed by atoms with Crippen molar-refractivity contribution in [3.8, 4) is 28.7 Å². The zero-order valence-electron chi connectivity index (χ0n) is 15.9. The first-order valence-electron chi connectivity index (χ1n) is 8.58. The van der Waals surface area contributed by atoms with E-state index in [1.165, 1.54) is 18.4 Å². The fraction of sp³-hybridized carbons (Fsp3) is 0.150. The van der Waals surface area contributed by atoms with E-state index in [0.29, 0.717) is 39.7 Å². The lowest BCUT2D eigenvalue weighted by Crippen LogP contribution is -1.95. The molecule has 0 bridgehead atoms. The molecule has 1 N–H and O–H groups in total. The molecule has 8 nitrogen and oxygen atoms in total. The number of imidazole rings is 2. The van der Waals surface area contributed by atoms with Crippen LogP contribution in [0.25, 0.3) is 33.4 Å². The van der Waals surface area contributed by atoms with Gasteiger partial charge >= 0.3 is 0 Å². The van der Waals surface area contributed by atoms with Crippen molar-refractivity contribution in [1.82, 2.24) is 24.5 Å². The van der Waals surface area contributed by atoms with E-state index in [1.807, 2.05) is 24.6 Å². The van der Waals surface area contributed by atoms with Crippen LogP contribution in [0.15, 0.2) is 24.5 Å². The maximum Gasteiger partial charge on any atom is 0.215 e. The standard InChI is InChI=1S/C20H15N7OS/c1-11-4-12(7-21)18(29-11)20-24-9-14(27(20)2)5-13(8-22)19-25-15-6-17(28-3)23-10-16(15)26-19/h4-6,9-10H,1-3H3,(H,25,26)/b13-5+. The van der Waals surface area contributed by atoms with Gasteiger partial charge in [-0.05, 0) is 19.1 Å². The van der Waals surface area contributed by atoms with Gasteiger partial charge in [-0.25, -0.2) is 15.0 Å². The number of aromatic amines is 1. The van der Waals surface area contributed by atoms with Gasteiger partial charge in [-0.1, -0.05) is 0 Å². The molecule has 0 aliphatic carbocycles. The number of aromatic nitrogens is 5. The molecule has 0 fully saturated rings. The Hall–Kier alpha value is -3.95. The molecular formula is C20H15N7OS. The fourth-order valence-electron chi connectivity index (χ4n) is 2.96. The molecule has 0 radical (unpaired) electrons. The molecule has 4 rings (SSSR count). The van der Waals surface area contributed by atoms with Gasteiger partial charge in [0.25, 0.3) is 0 Å². The van der Waals surface area contributed by atoms with Crippen molar-refractivity contribution in [2.75, 3.05) is 7.11 Å². The molecule has 0 unspecified atom stereocenters. The molecule has 0 aromatic carbocycles. The van der Waals surface area contributed by atoms with Gasteiger partial charge < -0.3 is 14.3 Å². The molecule has 4 heterocycles. The van der Waals surface area contributed by atoms with E-state index >= 15 is 0 Å². The van der Waals surface area contributed by atoms with Crippen LogP contribution in [0.5, 0.6) is 5.88 Å². The summed E-state index contributed by atoms with van der Waals surface area (Å²) in [6, 6.07) is 7.95. The van der Waals surface area contributed by atoms with Crippen LogP contribution < -0.4 is 4.74 Å². The fourth-order valence-corrected chi connectivity index (χ4v) is 3.96. The highest BCUT2D eigenvalue weighted by molar-refractivity contribution is 7.15. The summed E-state index contributed by atoms with van der Waals surface area (Å²) in [7, 11) is 3.39. The van der Waals surface area contributed by atoms with Crippen LogP contribution in [0.3, 0.4) is 0 Å². The summed E-state index contributed by atoms with van der Waals surface area (Å²) in [5.41, 5.74) is 3.04. The Morgan fingerprint density at radius 1 is 1.28 bits per heavy atom. The minimum Gasteiger partial charge on any atom is -0.481 e. The highest BCUT2D eigenvalue weighted by Gasteiger charge is 2.16. The molecule has 0 saturated carbocycles. The van der Waals surface area contributed by atoms with E-state index in [9.17, 15) is 10.5 Å². The Morgan fingerprint density at radius 3 is 2.83 bits per heavy atom. The largest absolute Gasteiger partial charge is 0.481 e. The van der Waals surface area contributed by atoms with Crippen LogP contribution in [0.2, 0.25) is 0 Å². The number of fused-ring (bicyclic) bond motifs is 1. The molecule has 4 aromatic rings. The molecule has 0 aliphatic rings. The Labute approximate surface area is 170 Å². The number of aryl methyl sites for hydroxylation is 1. The summed E-state index contributed by atoms with van der Waals surface area (Å²) < 4.78 is 6.97. The SMILES string of the molecule is COc1cc2nc(/C(C#N)=C/c3cnc(-c4sc(C)cc4C#N)n3C)[nH]c2cn1. The molecule has 4 aromatic heterocycles. The smallest absolute Gasteiger partial charge is 0.215 e. The third-order valence-corrected chi connectivity index (χ3v) is 5.47. The highest BCUT2D eigenvalue weighted by atomic mass is 32.1. The number of ether oxygens (including phenoxy) is 1. The summed E-state index contributed by atoms with van der Waals surface area (Å²) in [5, 5.41) is 19.0. The number of hydrogen-bond donors (Lipinski definition) is 1. The average molecular weight is 401 g/mol. The van der Waals surface area contributed by atoms with Crippen LogP contribution in [-0.2, 0) is 7.05 Å². The summed E-state index contributed by atoms with van der Waals surface area (Å²) in [5.74, 6) is 1.57. The number of thiophene rings is 1. The second kappa shape index (κ2) is 7.23. The first-order valence-corrected chi connectivity index (χ1v) is 9.40. The van der Waals surface area contributed by atoms with Gasteiger partial charge in [0, 0.05) is 18.0 Å². The summed E-state index contributed by atoms with van der Waals surface area (Å²) in [6.07, 6.45) is 5.01. The van der Waals surface area contributed by atoms with Crippen LogP contribution in [0.4, 0.5) is 0 Å². The number of nitrogens with one attached hydrogen (secondary N) is 1. The zero-order chi connectivity index (χ0) is 20.5. The van der Waals surface area contributed by atoms with Crippen LogP contribution >= 0.6 is 11.3 Å². The van der Waals surface area contributed by atoms with Crippen molar-refractivity contribution in [3.05, 3.63) is 46.5 Å². The van der Waals surface area contributed by atoms with E-state index in [0.717, 1.165) is 15.4 Å². The predicted molar refractivity (Wildman–Crippen MR) is 110 cm³/mol. The Kier molecular flexibility index (Phi) is 4.59. The first-order chi connectivity index (χ1) is 14.0. The lowest BCUT2D eigenvalue weighted by molar-refractivity contribution is 0.398. The van der Waals surface area contributed by atoms with Crippen molar-refractivity contribution < 1.29 is 4.74 Å². The van der Waals surface area contributed by atoms with E-state index in [2.05, 4.69) is 32.1 Å². The first kappa shape index (κ1) is 18.4. The van der Waals surface area contributed by atoms with E-state index < -0.39 is 0 Å². The minimum atomic E-state index is 0.359. The molecular weight excluding hydrogens is 386 g/mol. The minimum absolute atomic E-state index is 0.359. The second-order valence-electron chi connectivity index (χ2n) is 6.28. The summed E-state index contributed by atoms with van der Waals surface area (Å²) in [6.45, 7) is 1.96. The quantitative estimate of drug-likeness (QED) is 0.522. The molecule has 0 aliphatic heterocycles. The number of nitrogens with zero attached hydrogens (tertiary/aromatic N) is 6. The second-order valence-corrected chi connectivity index (χ2v) is 7.53. The average Bonchev–Trinajstić information content (AvgIpc) is 3.41. The van der Waals surface area contributed by atoms with Crippen molar-refractivity contribution >= 4 is 34.0 Å². The number of rotatable bonds is 4. The third-order valence-electron chi connectivity index (χ3n) is 4.42. The number of allylic oxidation sites excluding steroid dienone is 1. The van der Waals surface area contributed by atoms with Gasteiger partial charge in [0.05, 0.1) is 52.2 Å².